The number of piperidine rings is 1. The highest BCUT2D eigenvalue weighted by Gasteiger charge is 2.41. The van der Waals surface area contributed by atoms with E-state index in [1.807, 2.05) is 23.1 Å². The van der Waals surface area contributed by atoms with Gasteiger partial charge >= 0.3 is 0 Å². The molecule has 3 fully saturated rings. The molecule has 2 saturated heterocycles. The number of nitrogens with one attached hydrogen (secondary N) is 3. The van der Waals surface area contributed by atoms with Crippen LogP contribution in [0.25, 0.3) is 0 Å². The van der Waals surface area contributed by atoms with E-state index in [1.54, 1.807) is 13.0 Å². The predicted molar refractivity (Wildman–Crippen MR) is 156 cm³/mol. The average molecular weight is 598 g/mol. The number of aliphatic hydroxyl groups is 1. The van der Waals surface area contributed by atoms with Crippen molar-refractivity contribution in [3.05, 3.63) is 29.8 Å². The fourth-order valence-electron chi connectivity index (χ4n) is 6.61. The van der Waals surface area contributed by atoms with Crippen molar-refractivity contribution in [2.24, 2.45) is 11.3 Å². The van der Waals surface area contributed by atoms with Gasteiger partial charge in [-0.05, 0) is 75.0 Å². The van der Waals surface area contributed by atoms with Crippen molar-refractivity contribution in [1.82, 2.24) is 25.8 Å². The van der Waals surface area contributed by atoms with E-state index in [2.05, 4.69) is 16.0 Å². The molecule has 1 aromatic rings. The minimum atomic E-state index is -1.18. The van der Waals surface area contributed by atoms with Gasteiger partial charge in [-0.25, -0.2) is 0 Å². The average Bonchev–Trinajstić information content (AvgIpc) is 3.46. The van der Waals surface area contributed by atoms with Crippen LogP contribution in [0, 0.1) is 11.3 Å². The summed E-state index contributed by atoms with van der Waals surface area (Å²) in [7, 11) is 0. The van der Waals surface area contributed by atoms with E-state index in [4.69, 9.17) is 4.74 Å². The van der Waals surface area contributed by atoms with E-state index in [1.165, 1.54) is 4.90 Å². The van der Waals surface area contributed by atoms with Crippen LogP contribution in [-0.2, 0) is 30.4 Å². The number of nitrogens with zero attached hydrogens (tertiary/aromatic N) is 2. The van der Waals surface area contributed by atoms with Gasteiger partial charge in [-0.15, -0.1) is 0 Å². The van der Waals surface area contributed by atoms with Gasteiger partial charge in [0, 0.05) is 32.1 Å². The topological polar surface area (TPSA) is 157 Å². The van der Waals surface area contributed by atoms with Gasteiger partial charge in [0.15, 0.2) is 6.61 Å². The highest BCUT2D eigenvalue weighted by molar-refractivity contribution is 5.94. The molecule has 4 aliphatic rings. The Balaban J connectivity index is 1.37. The van der Waals surface area contributed by atoms with Crippen LogP contribution in [-0.4, -0.2) is 102 Å². The van der Waals surface area contributed by atoms with Crippen LogP contribution >= 0.6 is 0 Å². The summed E-state index contributed by atoms with van der Waals surface area (Å²) in [6.45, 7) is 2.51. The Bertz CT molecular complexity index is 1230. The summed E-state index contributed by atoms with van der Waals surface area (Å²) in [5.74, 6) is -1.04. The lowest BCUT2D eigenvalue weighted by Gasteiger charge is -2.44. The van der Waals surface area contributed by atoms with E-state index in [9.17, 15) is 29.1 Å². The number of aliphatic hydroxyl groups excluding tert-OH is 1. The Morgan fingerprint density at radius 2 is 1.79 bits per heavy atom. The molecule has 3 atom stereocenters. The monoisotopic (exact) mass is 597 g/mol. The molecule has 234 valence electrons. The quantitative estimate of drug-likeness (QED) is 0.377. The van der Waals surface area contributed by atoms with Crippen LogP contribution < -0.4 is 20.7 Å². The van der Waals surface area contributed by atoms with E-state index in [0.29, 0.717) is 64.0 Å². The molecule has 12 heteroatoms. The number of fused-ring (bicyclic) bond motifs is 3. The van der Waals surface area contributed by atoms with E-state index >= 15 is 0 Å². The third-order valence-electron chi connectivity index (χ3n) is 9.48. The van der Waals surface area contributed by atoms with Crippen molar-refractivity contribution >= 4 is 29.5 Å². The smallest absolute Gasteiger partial charge is 0.258 e. The molecule has 5 amide bonds. The SMILES string of the molecule is C[C@@H]1NC(=O)COc2cccc(c2)CC2(CCN(C(=O)C3CCC3)CC2)CNC(=O)[C@H](CO)NC(=O)[C@@H]2CCCN2C1=O. The molecular formula is C31H43N5O7. The summed E-state index contributed by atoms with van der Waals surface area (Å²) in [5, 5.41) is 18.3. The number of amides is 5. The molecule has 1 spiro atoms. The summed E-state index contributed by atoms with van der Waals surface area (Å²) >= 11 is 0. The third-order valence-corrected chi connectivity index (χ3v) is 9.48. The molecule has 0 unspecified atom stereocenters. The number of carbonyl (C=O) groups excluding carboxylic acids is 5. The van der Waals surface area contributed by atoms with Crippen LogP contribution in [0.1, 0.15) is 57.4 Å². The molecule has 1 saturated carbocycles. The number of hydrogen-bond donors (Lipinski definition) is 4. The summed E-state index contributed by atoms with van der Waals surface area (Å²) in [6.07, 6.45) is 5.94. The maximum atomic E-state index is 13.3. The zero-order chi connectivity index (χ0) is 30.6. The van der Waals surface area contributed by atoms with Gasteiger partial charge in [0.2, 0.25) is 23.6 Å². The molecule has 0 radical (unpaired) electrons. The van der Waals surface area contributed by atoms with E-state index in [0.717, 1.165) is 24.8 Å². The molecule has 2 bridgehead atoms. The van der Waals surface area contributed by atoms with Crippen LogP contribution in [0.4, 0.5) is 0 Å². The van der Waals surface area contributed by atoms with Crippen LogP contribution in [0.15, 0.2) is 24.3 Å². The maximum absolute atomic E-state index is 13.3. The van der Waals surface area contributed by atoms with Gasteiger partial charge in [-0.2, -0.15) is 0 Å². The first-order chi connectivity index (χ1) is 20.7. The number of likely N-dealkylation sites (tertiary alicyclic amines) is 1. The Hall–Kier alpha value is -3.67. The molecule has 3 aliphatic heterocycles. The number of rotatable bonds is 2. The number of hydrogen-bond acceptors (Lipinski definition) is 7. The van der Waals surface area contributed by atoms with Gasteiger partial charge in [0.05, 0.1) is 6.61 Å². The second kappa shape index (κ2) is 13.3. The molecule has 1 aromatic carbocycles. The Labute approximate surface area is 251 Å². The van der Waals surface area contributed by atoms with Crippen molar-refractivity contribution in [1.29, 1.82) is 0 Å². The van der Waals surface area contributed by atoms with E-state index in [-0.39, 0.29) is 23.8 Å². The zero-order valence-corrected chi connectivity index (χ0v) is 24.8. The lowest BCUT2D eigenvalue weighted by Crippen LogP contribution is -2.57. The van der Waals surface area contributed by atoms with Crippen molar-refractivity contribution in [2.75, 3.05) is 39.4 Å². The van der Waals surface area contributed by atoms with Gasteiger partial charge < -0.3 is 35.6 Å². The van der Waals surface area contributed by atoms with Crippen molar-refractivity contribution in [2.45, 2.75) is 76.4 Å². The summed E-state index contributed by atoms with van der Waals surface area (Å²) < 4.78 is 5.78. The van der Waals surface area contributed by atoms with Gasteiger partial charge in [-0.3, -0.25) is 24.0 Å². The van der Waals surface area contributed by atoms with Crippen LogP contribution in [0.2, 0.25) is 0 Å². The zero-order valence-electron chi connectivity index (χ0n) is 24.8. The summed E-state index contributed by atoms with van der Waals surface area (Å²) in [5.41, 5.74) is 0.582. The lowest BCUT2D eigenvalue weighted by atomic mass is 9.73. The van der Waals surface area contributed by atoms with Crippen molar-refractivity contribution < 1.29 is 33.8 Å². The van der Waals surface area contributed by atoms with Gasteiger partial charge in [-0.1, -0.05) is 18.6 Å². The summed E-state index contributed by atoms with van der Waals surface area (Å²) in [4.78, 5) is 68.6. The first-order valence-corrected chi connectivity index (χ1v) is 15.5. The molecule has 0 aromatic heterocycles. The molecule has 4 N–H and O–H groups in total. The first kappa shape index (κ1) is 30.8. The summed E-state index contributed by atoms with van der Waals surface area (Å²) in [6, 6.07) is 4.59. The first-order valence-electron chi connectivity index (χ1n) is 15.5. The van der Waals surface area contributed by atoms with Crippen molar-refractivity contribution in [3.8, 4) is 5.75 Å². The lowest BCUT2D eigenvalue weighted by molar-refractivity contribution is -0.142. The molecule has 5 rings (SSSR count). The Kier molecular flexibility index (Phi) is 9.53. The highest BCUT2D eigenvalue weighted by Crippen LogP contribution is 2.37. The van der Waals surface area contributed by atoms with Crippen molar-refractivity contribution in [3.63, 3.8) is 0 Å². The Morgan fingerprint density at radius 1 is 1.02 bits per heavy atom. The number of carbonyl (C=O) groups is 5. The number of ether oxygens (including phenoxy) is 1. The second-order valence-corrected chi connectivity index (χ2v) is 12.5. The molecule has 43 heavy (non-hydrogen) atoms. The minimum Gasteiger partial charge on any atom is -0.484 e. The van der Waals surface area contributed by atoms with E-state index < -0.39 is 48.4 Å². The molecule has 3 heterocycles. The Morgan fingerprint density at radius 3 is 2.49 bits per heavy atom. The fraction of sp³-hybridized carbons (Fsp3) is 0.645. The standard InChI is InChI=1S/C31H43N5O7/c1-20-29(41)36-12-4-9-25(36)28(40)34-24(17-37)27(39)32-19-31(10-13-35(14-11-31)30(42)22-6-3-7-22)16-21-5-2-8-23(15-21)43-18-26(38)33-20/h2,5,8,15,20,22,24-25,37H,3-4,6-7,9-14,16-19H2,1H3,(H,32,39)(H,33,38)(H,34,40)/t20-,24-,25-/m0/s1. The highest BCUT2D eigenvalue weighted by atomic mass is 16.5. The third kappa shape index (κ3) is 7.11. The largest absolute Gasteiger partial charge is 0.484 e. The second-order valence-electron chi connectivity index (χ2n) is 12.5. The fourth-order valence-corrected chi connectivity index (χ4v) is 6.61. The number of benzene rings is 1. The molecule has 1 aliphatic carbocycles. The molecular weight excluding hydrogens is 554 g/mol. The maximum Gasteiger partial charge on any atom is 0.258 e. The normalized spacial score (nSPS) is 27.4. The van der Waals surface area contributed by atoms with Crippen LogP contribution in [0.5, 0.6) is 5.75 Å². The van der Waals surface area contributed by atoms with Gasteiger partial charge in [0.1, 0.15) is 23.9 Å². The van der Waals surface area contributed by atoms with Gasteiger partial charge in [0.25, 0.3) is 5.91 Å². The molecule has 12 nitrogen and oxygen atoms in total. The minimum absolute atomic E-state index is 0.122. The van der Waals surface area contributed by atoms with Crippen LogP contribution in [0.3, 0.4) is 0 Å². The predicted octanol–water partition coefficient (Wildman–Crippen LogP) is 0.119.